The number of nitrogens with one attached hydrogen (secondary N) is 1. The molecule has 6 heteroatoms. The van der Waals surface area contributed by atoms with Gasteiger partial charge in [0, 0.05) is 61.8 Å². The molecule has 0 saturated carbocycles. The maximum atomic E-state index is 12.5. The fourth-order valence-corrected chi connectivity index (χ4v) is 4.94. The molecule has 0 radical (unpaired) electrons. The topological polar surface area (TPSA) is 55.7 Å². The number of fused-ring (bicyclic) bond motifs is 1. The first kappa shape index (κ1) is 23.2. The normalized spacial score (nSPS) is 16.6. The zero-order valence-corrected chi connectivity index (χ0v) is 20.0. The highest BCUT2D eigenvalue weighted by Gasteiger charge is 2.22. The summed E-state index contributed by atoms with van der Waals surface area (Å²) >= 11 is 0. The van der Waals surface area contributed by atoms with Gasteiger partial charge in [-0.2, -0.15) is 0 Å². The summed E-state index contributed by atoms with van der Waals surface area (Å²) in [5, 5.41) is 4.39. The van der Waals surface area contributed by atoms with Crippen molar-refractivity contribution in [2.45, 2.75) is 38.8 Å². The molecule has 3 aromatic rings. The van der Waals surface area contributed by atoms with Gasteiger partial charge in [0.1, 0.15) is 11.5 Å². The van der Waals surface area contributed by atoms with E-state index in [0.717, 1.165) is 43.1 Å². The van der Waals surface area contributed by atoms with Gasteiger partial charge in [0.25, 0.3) is 0 Å². The Labute approximate surface area is 196 Å². The van der Waals surface area contributed by atoms with E-state index in [1.807, 2.05) is 18.2 Å². The van der Waals surface area contributed by atoms with Gasteiger partial charge < -0.3 is 19.4 Å². The van der Waals surface area contributed by atoms with Crippen molar-refractivity contribution in [1.82, 2.24) is 14.8 Å². The molecule has 0 bridgehead atoms. The minimum absolute atomic E-state index is 0.0963. The van der Waals surface area contributed by atoms with E-state index >= 15 is 0 Å². The van der Waals surface area contributed by atoms with Gasteiger partial charge in [-0.15, -0.1) is 0 Å². The van der Waals surface area contributed by atoms with Gasteiger partial charge in [-0.25, -0.2) is 0 Å². The van der Waals surface area contributed by atoms with Gasteiger partial charge in [0.2, 0.25) is 5.91 Å². The molecule has 1 atom stereocenters. The van der Waals surface area contributed by atoms with Crippen LogP contribution in [0, 0.1) is 5.92 Å². The van der Waals surface area contributed by atoms with Crippen LogP contribution in [0.25, 0.3) is 10.9 Å². The first-order chi connectivity index (χ1) is 16.1. The number of carbonyl (C=O) groups is 1. The van der Waals surface area contributed by atoms with E-state index in [9.17, 15) is 4.79 Å². The number of aromatic nitrogens is 1. The molecule has 4 rings (SSSR count). The number of rotatable bonds is 9. The zero-order chi connectivity index (χ0) is 23.2. The summed E-state index contributed by atoms with van der Waals surface area (Å²) < 4.78 is 12.9. The van der Waals surface area contributed by atoms with Crippen LogP contribution < -0.4 is 14.8 Å². The van der Waals surface area contributed by atoms with E-state index < -0.39 is 0 Å². The number of hydrogen-bond acceptors (Lipinski definition) is 4. The van der Waals surface area contributed by atoms with Crippen LogP contribution in [0.4, 0.5) is 0 Å². The summed E-state index contributed by atoms with van der Waals surface area (Å²) in [7, 11) is 5.38. The lowest BCUT2D eigenvalue weighted by Crippen LogP contribution is -2.35. The highest BCUT2D eigenvalue weighted by atomic mass is 16.5. The molecular weight excluding hydrogens is 414 g/mol. The minimum Gasteiger partial charge on any atom is -0.497 e. The molecule has 1 amide bonds. The van der Waals surface area contributed by atoms with E-state index in [1.165, 1.54) is 29.3 Å². The molecule has 1 aliphatic heterocycles. The third kappa shape index (κ3) is 5.69. The van der Waals surface area contributed by atoms with Crippen LogP contribution in [-0.4, -0.2) is 42.7 Å². The third-order valence-electron chi connectivity index (χ3n) is 6.73. The van der Waals surface area contributed by atoms with Crippen LogP contribution in [0.3, 0.4) is 0 Å². The smallest absolute Gasteiger partial charge is 0.220 e. The van der Waals surface area contributed by atoms with E-state index in [0.29, 0.717) is 18.9 Å². The van der Waals surface area contributed by atoms with Crippen molar-refractivity contribution in [3.05, 3.63) is 59.8 Å². The molecular formula is C27H35N3O3. The standard InChI is InChI=1S/C27H35N3O3/c1-29-18-22(24-8-4-5-9-25(24)29)19-30-14-6-7-20(17-30)10-13-27(31)28-16-21-11-12-23(32-2)15-26(21)33-3/h4-5,8-9,11-12,15,18,20H,6-7,10,13-14,16-17,19H2,1-3H3,(H,28,31)/t20-/m0/s1. The molecule has 1 N–H and O–H groups in total. The van der Waals surface area contributed by atoms with Crippen molar-refractivity contribution in [1.29, 1.82) is 0 Å². The maximum absolute atomic E-state index is 12.5. The average Bonchev–Trinajstić information content (AvgIpc) is 3.16. The van der Waals surface area contributed by atoms with Gasteiger partial charge in [0.15, 0.2) is 0 Å². The number of benzene rings is 2. The molecule has 176 valence electrons. The Bertz CT molecular complexity index is 1090. The molecule has 2 aromatic carbocycles. The molecule has 0 spiro atoms. The van der Waals surface area contributed by atoms with Crippen LogP contribution in [0.15, 0.2) is 48.7 Å². The Kier molecular flexibility index (Phi) is 7.55. The van der Waals surface area contributed by atoms with Crippen molar-refractivity contribution in [3.8, 4) is 11.5 Å². The van der Waals surface area contributed by atoms with Crippen LogP contribution in [-0.2, 0) is 24.9 Å². The van der Waals surface area contributed by atoms with Gasteiger partial charge in [-0.05, 0) is 55.5 Å². The highest BCUT2D eigenvalue weighted by molar-refractivity contribution is 5.83. The second-order valence-electron chi connectivity index (χ2n) is 9.02. The molecule has 1 aromatic heterocycles. The largest absolute Gasteiger partial charge is 0.497 e. The van der Waals surface area contributed by atoms with Gasteiger partial charge >= 0.3 is 0 Å². The zero-order valence-electron chi connectivity index (χ0n) is 20.0. The van der Waals surface area contributed by atoms with Gasteiger partial charge in [0.05, 0.1) is 14.2 Å². The Morgan fingerprint density at radius 3 is 2.79 bits per heavy atom. The van der Waals surface area contributed by atoms with Crippen LogP contribution in [0.2, 0.25) is 0 Å². The number of piperidine rings is 1. The van der Waals surface area contributed by atoms with Crippen molar-refractivity contribution >= 4 is 16.8 Å². The second-order valence-corrected chi connectivity index (χ2v) is 9.02. The van der Waals surface area contributed by atoms with Crippen molar-refractivity contribution in [3.63, 3.8) is 0 Å². The fraction of sp³-hybridized carbons (Fsp3) is 0.444. The summed E-state index contributed by atoms with van der Waals surface area (Å²) in [6.07, 6.45) is 6.14. The number of nitrogens with zero attached hydrogens (tertiary/aromatic N) is 2. The molecule has 33 heavy (non-hydrogen) atoms. The number of aryl methyl sites for hydroxylation is 1. The molecule has 1 saturated heterocycles. The van der Waals surface area contributed by atoms with Crippen molar-refractivity contribution < 1.29 is 14.3 Å². The number of hydrogen-bond donors (Lipinski definition) is 1. The summed E-state index contributed by atoms with van der Waals surface area (Å²) in [5.74, 6) is 2.13. The quantitative estimate of drug-likeness (QED) is 0.522. The third-order valence-corrected chi connectivity index (χ3v) is 6.73. The SMILES string of the molecule is COc1ccc(CNC(=O)CC[C@@H]2CCCN(Cc3cn(C)c4ccccc34)C2)c(OC)c1. The lowest BCUT2D eigenvalue weighted by Gasteiger charge is -2.32. The average molecular weight is 450 g/mol. The summed E-state index contributed by atoms with van der Waals surface area (Å²) in [5.41, 5.74) is 3.62. The maximum Gasteiger partial charge on any atom is 0.220 e. The summed E-state index contributed by atoms with van der Waals surface area (Å²) in [6.45, 7) is 3.62. The Morgan fingerprint density at radius 2 is 1.97 bits per heavy atom. The van der Waals surface area contributed by atoms with Gasteiger partial charge in [-0.3, -0.25) is 9.69 Å². The summed E-state index contributed by atoms with van der Waals surface area (Å²) in [6, 6.07) is 14.3. The number of likely N-dealkylation sites (tertiary alicyclic amines) is 1. The number of para-hydroxylation sites is 1. The van der Waals surface area contributed by atoms with Crippen molar-refractivity contribution in [2.24, 2.45) is 13.0 Å². The monoisotopic (exact) mass is 449 g/mol. The Hall–Kier alpha value is -2.99. The van der Waals surface area contributed by atoms with E-state index in [4.69, 9.17) is 9.47 Å². The van der Waals surface area contributed by atoms with E-state index in [-0.39, 0.29) is 5.91 Å². The lowest BCUT2D eigenvalue weighted by molar-refractivity contribution is -0.121. The summed E-state index contributed by atoms with van der Waals surface area (Å²) in [4.78, 5) is 15.1. The van der Waals surface area contributed by atoms with Gasteiger partial charge in [-0.1, -0.05) is 18.2 Å². The number of methoxy groups -OCH3 is 2. The fourth-order valence-electron chi connectivity index (χ4n) is 4.94. The molecule has 6 nitrogen and oxygen atoms in total. The minimum atomic E-state index is 0.0963. The Morgan fingerprint density at radius 1 is 1.12 bits per heavy atom. The number of ether oxygens (including phenoxy) is 2. The second kappa shape index (κ2) is 10.8. The first-order valence-electron chi connectivity index (χ1n) is 11.8. The van der Waals surface area contributed by atoms with Crippen LogP contribution in [0.5, 0.6) is 11.5 Å². The van der Waals surface area contributed by atoms with Crippen LogP contribution in [0.1, 0.15) is 36.8 Å². The van der Waals surface area contributed by atoms with E-state index in [2.05, 4.69) is 52.3 Å². The molecule has 0 aliphatic carbocycles. The number of carbonyl (C=O) groups excluding carboxylic acids is 1. The molecule has 1 aliphatic rings. The Balaban J connectivity index is 1.26. The number of amides is 1. The van der Waals surface area contributed by atoms with E-state index in [1.54, 1.807) is 14.2 Å². The van der Waals surface area contributed by atoms with Crippen molar-refractivity contribution in [2.75, 3.05) is 27.3 Å². The first-order valence-corrected chi connectivity index (χ1v) is 11.8. The lowest BCUT2D eigenvalue weighted by atomic mass is 9.93. The molecule has 2 heterocycles. The molecule has 0 unspecified atom stereocenters. The van der Waals surface area contributed by atoms with Crippen LogP contribution >= 0.6 is 0 Å². The predicted octanol–water partition coefficient (Wildman–Crippen LogP) is 4.50. The highest BCUT2D eigenvalue weighted by Crippen LogP contribution is 2.27. The predicted molar refractivity (Wildman–Crippen MR) is 132 cm³/mol. The molecule has 1 fully saturated rings.